The van der Waals surface area contributed by atoms with Crippen LogP contribution in [0.4, 0.5) is 0 Å². The van der Waals surface area contributed by atoms with Crippen LogP contribution in [0.1, 0.15) is 21.1 Å². The van der Waals surface area contributed by atoms with Gasteiger partial charge in [-0.25, -0.2) is 9.97 Å². The minimum absolute atomic E-state index is 0.316. The molecule has 0 spiro atoms. The number of hydrogen-bond donors (Lipinski definition) is 1. The molecule has 0 saturated heterocycles. The van der Waals surface area contributed by atoms with E-state index in [-0.39, 0.29) is 0 Å². The van der Waals surface area contributed by atoms with Crippen molar-refractivity contribution >= 4 is 46.1 Å². The predicted molar refractivity (Wildman–Crippen MR) is 96.4 cm³/mol. The van der Waals surface area contributed by atoms with Crippen molar-refractivity contribution in [2.45, 2.75) is 6.42 Å². The molecule has 1 amide bonds. The van der Waals surface area contributed by atoms with E-state index in [0.717, 1.165) is 10.7 Å². The molecule has 0 aliphatic carbocycles. The number of hydrogen-bond acceptors (Lipinski definition) is 5. The van der Waals surface area contributed by atoms with Crippen LogP contribution in [0.5, 0.6) is 0 Å². The van der Waals surface area contributed by atoms with E-state index in [4.69, 9.17) is 33.4 Å². The molecule has 2 N–H and O–H groups in total. The fraction of sp³-hybridized carbons (Fsp3) is 0.0625. The monoisotopic (exact) mass is 392 g/mol. The van der Waals surface area contributed by atoms with Gasteiger partial charge >= 0.3 is 0 Å². The minimum atomic E-state index is -0.536. The molecule has 25 heavy (non-hydrogen) atoms. The summed E-state index contributed by atoms with van der Waals surface area (Å²) in [7, 11) is 0. The molecule has 6 nitrogen and oxygen atoms in total. The molecule has 0 saturated carbocycles. The zero-order valence-electron chi connectivity index (χ0n) is 12.6. The molecule has 0 fully saturated rings. The van der Waals surface area contributed by atoms with Crippen molar-refractivity contribution in [1.82, 2.24) is 14.4 Å². The first kappa shape index (κ1) is 16.1. The number of amides is 1. The lowest BCUT2D eigenvalue weighted by atomic mass is 10.2. The van der Waals surface area contributed by atoms with Crippen LogP contribution in [-0.4, -0.2) is 20.3 Å². The van der Waals surface area contributed by atoms with Gasteiger partial charge in [0.1, 0.15) is 12.0 Å². The number of carbonyl (C=O) groups excluding carboxylic acids is 1. The van der Waals surface area contributed by atoms with E-state index in [2.05, 4.69) is 9.97 Å². The highest BCUT2D eigenvalue weighted by Gasteiger charge is 2.13. The number of nitrogens with zero attached hydrogens (tertiary/aromatic N) is 3. The molecule has 4 heterocycles. The van der Waals surface area contributed by atoms with Gasteiger partial charge in [0.2, 0.25) is 0 Å². The SMILES string of the molecule is NC(=O)c1coc(-c2csc(Cc3cn4cc(Cl)cc(Cl)c4n3)n2)c1. The van der Waals surface area contributed by atoms with Gasteiger partial charge in [0.25, 0.3) is 5.91 Å². The van der Waals surface area contributed by atoms with Gasteiger partial charge in [-0.3, -0.25) is 4.79 Å². The number of fused-ring (bicyclic) bond motifs is 1. The molecule has 9 heteroatoms. The summed E-state index contributed by atoms with van der Waals surface area (Å²) in [5.41, 5.74) is 7.66. The summed E-state index contributed by atoms with van der Waals surface area (Å²) in [5, 5.41) is 3.75. The fourth-order valence-corrected chi connectivity index (χ4v) is 3.75. The van der Waals surface area contributed by atoms with Crippen LogP contribution in [0, 0.1) is 0 Å². The number of aromatic nitrogens is 3. The Labute approximate surface area is 155 Å². The van der Waals surface area contributed by atoms with Crippen molar-refractivity contribution in [2.24, 2.45) is 5.73 Å². The summed E-state index contributed by atoms with van der Waals surface area (Å²) in [6.45, 7) is 0. The molecule has 0 radical (unpaired) electrons. The third kappa shape index (κ3) is 3.13. The smallest absolute Gasteiger partial charge is 0.251 e. The number of carbonyl (C=O) groups is 1. The number of primary amides is 1. The van der Waals surface area contributed by atoms with Gasteiger partial charge in [-0.15, -0.1) is 11.3 Å². The fourth-order valence-electron chi connectivity index (χ4n) is 2.42. The van der Waals surface area contributed by atoms with E-state index < -0.39 is 5.91 Å². The largest absolute Gasteiger partial charge is 0.462 e. The first-order chi connectivity index (χ1) is 12.0. The Morgan fingerprint density at radius 1 is 1.28 bits per heavy atom. The molecular weight excluding hydrogens is 383 g/mol. The topological polar surface area (TPSA) is 86.4 Å². The van der Waals surface area contributed by atoms with Crippen LogP contribution < -0.4 is 5.73 Å². The third-order valence-corrected chi connectivity index (χ3v) is 4.88. The summed E-state index contributed by atoms with van der Waals surface area (Å²) in [4.78, 5) is 20.2. The summed E-state index contributed by atoms with van der Waals surface area (Å²) < 4.78 is 7.14. The quantitative estimate of drug-likeness (QED) is 0.567. The van der Waals surface area contributed by atoms with Gasteiger partial charge in [-0.1, -0.05) is 23.2 Å². The molecule has 0 aliphatic heterocycles. The Morgan fingerprint density at radius 2 is 2.12 bits per heavy atom. The molecule has 0 unspecified atom stereocenters. The maximum Gasteiger partial charge on any atom is 0.251 e. The van der Waals surface area contributed by atoms with E-state index >= 15 is 0 Å². The summed E-state index contributed by atoms with van der Waals surface area (Å²) in [6.07, 6.45) is 5.49. The molecule has 126 valence electrons. The van der Waals surface area contributed by atoms with Crippen LogP contribution in [0.3, 0.4) is 0 Å². The Bertz CT molecular complexity index is 1100. The minimum Gasteiger partial charge on any atom is -0.462 e. The Balaban J connectivity index is 1.60. The maximum absolute atomic E-state index is 11.1. The standard InChI is InChI=1S/C16H10Cl2N4O2S/c17-9-2-11(18)16-20-10(5-22(16)4-9)3-14-21-12(7-25-14)13-1-8(6-24-13)15(19)23/h1-2,4-7H,3H2,(H2,19,23). The van der Waals surface area contributed by atoms with Gasteiger partial charge in [-0.2, -0.15) is 0 Å². The molecular formula is C16H10Cl2N4O2S. The van der Waals surface area contributed by atoms with Crippen molar-refractivity contribution in [3.8, 4) is 11.5 Å². The lowest BCUT2D eigenvalue weighted by molar-refractivity contribution is 0.0999. The van der Waals surface area contributed by atoms with Crippen LogP contribution in [0.25, 0.3) is 17.1 Å². The second-order valence-corrected chi connectivity index (χ2v) is 7.12. The molecule has 0 bridgehead atoms. The van der Waals surface area contributed by atoms with Crippen molar-refractivity contribution in [3.05, 3.63) is 62.5 Å². The van der Waals surface area contributed by atoms with Gasteiger partial charge in [0, 0.05) is 24.2 Å². The number of pyridine rings is 1. The van der Waals surface area contributed by atoms with Crippen molar-refractivity contribution in [3.63, 3.8) is 0 Å². The van der Waals surface area contributed by atoms with Gasteiger partial charge < -0.3 is 14.6 Å². The van der Waals surface area contributed by atoms with Gasteiger partial charge in [0.05, 0.1) is 26.3 Å². The first-order valence-electron chi connectivity index (χ1n) is 7.15. The van der Waals surface area contributed by atoms with Gasteiger partial charge in [0.15, 0.2) is 11.4 Å². The number of rotatable bonds is 4. The van der Waals surface area contributed by atoms with E-state index in [1.54, 1.807) is 22.7 Å². The second-order valence-electron chi connectivity index (χ2n) is 5.34. The summed E-state index contributed by atoms with van der Waals surface area (Å²) in [6, 6.07) is 3.23. The average molecular weight is 393 g/mol. The van der Waals surface area contributed by atoms with E-state index in [9.17, 15) is 4.79 Å². The van der Waals surface area contributed by atoms with Crippen molar-refractivity contribution in [2.75, 3.05) is 0 Å². The molecule has 4 aromatic rings. The molecule has 0 aliphatic rings. The van der Waals surface area contributed by atoms with Crippen LogP contribution in [0.15, 0.2) is 40.6 Å². The molecule has 4 rings (SSSR count). The Morgan fingerprint density at radius 3 is 2.88 bits per heavy atom. The second kappa shape index (κ2) is 6.18. The highest BCUT2D eigenvalue weighted by Crippen LogP contribution is 2.26. The Hall–Kier alpha value is -2.35. The van der Waals surface area contributed by atoms with E-state index in [1.807, 2.05) is 11.6 Å². The number of imidazole rings is 1. The highest BCUT2D eigenvalue weighted by molar-refractivity contribution is 7.10. The lowest BCUT2D eigenvalue weighted by Crippen LogP contribution is -2.09. The first-order valence-corrected chi connectivity index (χ1v) is 8.79. The van der Waals surface area contributed by atoms with E-state index in [1.165, 1.54) is 17.6 Å². The van der Waals surface area contributed by atoms with E-state index in [0.29, 0.717) is 39.1 Å². The molecule has 0 atom stereocenters. The molecule has 4 aromatic heterocycles. The average Bonchev–Trinajstić information content (AvgIpc) is 3.25. The van der Waals surface area contributed by atoms with Crippen molar-refractivity contribution in [1.29, 1.82) is 0 Å². The summed E-state index contributed by atoms with van der Waals surface area (Å²) >= 11 is 13.6. The highest BCUT2D eigenvalue weighted by atomic mass is 35.5. The summed E-state index contributed by atoms with van der Waals surface area (Å²) in [5.74, 6) is -0.0354. The maximum atomic E-state index is 11.1. The van der Waals surface area contributed by atoms with Crippen molar-refractivity contribution < 1.29 is 9.21 Å². The zero-order valence-corrected chi connectivity index (χ0v) is 14.9. The molecule has 0 aromatic carbocycles. The number of furan rings is 1. The normalized spacial score (nSPS) is 11.3. The number of halogens is 2. The van der Waals surface area contributed by atoms with Crippen LogP contribution in [0.2, 0.25) is 10.0 Å². The van der Waals surface area contributed by atoms with Gasteiger partial charge in [-0.05, 0) is 12.1 Å². The number of nitrogens with two attached hydrogens (primary N) is 1. The Kier molecular flexibility index (Phi) is 3.99. The predicted octanol–water partition coefficient (Wildman–Crippen LogP) is 4.05. The zero-order chi connectivity index (χ0) is 17.6. The van der Waals surface area contributed by atoms with Crippen LogP contribution >= 0.6 is 34.5 Å². The number of thiazole rings is 1. The lowest BCUT2D eigenvalue weighted by Gasteiger charge is -1.95. The van der Waals surface area contributed by atoms with Crippen LogP contribution in [-0.2, 0) is 6.42 Å². The third-order valence-electron chi connectivity index (χ3n) is 3.54.